The number of rotatable bonds is 6. The van der Waals surface area contributed by atoms with E-state index in [9.17, 15) is 9.59 Å². The molecule has 0 radical (unpaired) electrons. The van der Waals surface area contributed by atoms with Crippen LogP contribution in [0.5, 0.6) is 0 Å². The van der Waals surface area contributed by atoms with E-state index in [4.69, 9.17) is 4.74 Å². The number of Topliss-reactive ketones (excluding diaryl/α,β-unsaturated/α-hetero) is 1. The van der Waals surface area contributed by atoms with Gasteiger partial charge in [0.05, 0.1) is 24.4 Å². The minimum atomic E-state index is -0.432. The molecule has 1 aromatic heterocycles. The van der Waals surface area contributed by atoms with Crippen molar-refractivity contribution in [3.05, 3.63) is 58.4 Å². The van der Waals surface area contributed by atoms with Crippen molar-refractivity contribution >= 4 is 11.8 Å². The lowest BCUT2D eigenvalue weighted by atomic mass is 10.0. The van der Waals surface area contributed by atoms with Crippen LogP contribution in [-0.2, 0) is 4.74 Å². The zero-order valence-electron chi connectivity index (χ0n) is 14.8. The maximum absolute atomic E-state index is 12.8. The number of nitrogens with one attached hydrogen (secondary N) is 2. The van der Waals surface area contributed by atoms with Crippen LogP contribution in [0, 0.1) is 13.8 Å². The first-order chi connectivity index (χ1) is 11.4. The molecule has 24 heavy (non-hydrogen) atoms. The summed E-state index contributed by atoms with van der Waals surface area (Å²) in [6.45, 7) is 7.37. The van der Waals surface area contributed by atoms with Crippen LogP contribution >= 0.6 is 0 Å². The number of aromatic amines is 1. The lowest BCUT2D eigenvalue weighted by Gasteiger charge is -2.19. The Labute approximate surface area is 142 Å². The highest BCUT2D eigenvalue weighted by molar-refractivity contribution is 6.03. The lowest BCUT2D eigenvalue weighted by Crippen LogP contribution is -2.36. The first-order valence-electron chi connectivity index (χ1n) is 7.99. The van der Waals surface area contributed by atoms with Gasteiger partial charge in [-0.3, -0.25) is 4.79 Å². The number of carbonyl (C=O) groups is 2. The molecule has 1 heterocycles. The predicted molar refractivity (Wildman–Crippen MR) is 93.4 cm³/mol. The molecule has 0 saturated carbocycles. The summed E-state index contributed by atoms with van der Waals surface area (Å²) in [6, 6.07) is 9.61. The second-order valence-corrected chi connectivity index (χ2v) is 6.00. The van der Waals surface area contributed by atoms with Gasteiger partial charge in [-0.2, -0.15) is 0 Å². The first-order valence-corrected chi connectivity index (χ1v) is 7.99. The molecule has 0 amide bonds. The average Bonchev–Trinajstić information content (AvgIpc) is 2.88. The van der Waals surface area contributed by atoms with Crippen LogP contribution in [0.15, 0.2) is 30.3 Å². The van der Waals surface area contributed by atoms with Crippen molar-refractivity contribution in [3.8, 4) is 0 Å². The topological polar surface area (TPSA) is 71.2 Å². The highest BCUT2D eigenvalue weighted by Crippen LogP contribution is 2.21. The third kappa shape index (κ3) is 3.57. The molecule has 0 aliphatic heterocycles. The fraction of sp³-hybridized carbons (Fsp3) is 0.368. The largest absolute Gasteiger partial charge is 0.465 e. The van der Waals surface area contributed by atoms with E-state index in [1.165, 1.54) is 7.11 Å². The van der Waals surface area contributed by atoms with Gasteiger partial charge in [0.2, 0.25) is 0 Å². The fourth-order valence-electron chi connectivity index (χ4n) is 2.91. The highest BCUT2D eigenvalue weighted by atomic mass is 16.5. The number of methoxy groups -OCH3 is 1. The van der Waals surface area contributed by atoms with Crippen molar-refractivity contribution in [2.75, 3.05) is 7.11 Å². The number of aromatic nitrogens is 1. The number of ketones is 1. The van der Waals surface area contributed by atoms with Gasteiger partial charge >= 0.3 is 5.97 Å². The zero-order valence-corrected chi connectivity index (χ0v) is 14.8. The Morgan fingerprint density at radius 2 is 1.75 bits per heavy atom. The van der Waals surface area contributed by atoms with Gasteiger partial charge in [0.15, 0.2) is 5.78 Å². The molecule has 5 nitrogen and oxygen atoms in total. The third-order valence-corrected chi connectivity index (χ3v) is 4.27. The molecular weight excluding hydrogens is 304 g/mol. The standard InChI is InChI=1S/C19H24N2O3/c1-11-16(19(23)24-5)13(3)21-17(11)18(22)14(4)20-12(2)15-9-7-6-8-10-15/h6-10,12,14,20-21H,1-5H3/t12-,14+/m0/s1. The smallest absolute Gasteiger partial charge is 0.339 e. The number of H-pyrrole nitrogens is 1. The molecule has 2 N–H and O–H groups in total. The summed E-state index contributed by atoms with van der Waals surface area (Å²) in [4.78, 5) is 27.6. The van der Waals surface area contributed by atoms with Crippen molar-refractivity contribution in [2.45, 2.75) is 39.8 Å². The quantitative estimate of drug-likeness (QED) is 0.630. The van der Waals surface area contributed by atoms with E-state index in [1.807, 2.05) is 44.2 Å². The Bertz CT molecular complexity index is 735. The molecule has 1 aromatic carbocycles. The number of ether oxygens (including phenoxy) is 1. The van der Waals surface area contributed by atoms with Crippen LogP contribution in [0.25, 0.3) is 0 Å². The van der Waals surface area contributed by atoms with Crippen molar-refractivity contribution in [1.82, 2.24) is 10.3 Å². The Morgan fingerprint density at radius 1 is 1.12 bits per heavy atom. The summed E-state index contributed by atoms with van der Waals surface area (Å²) in [7, 11) is 1.33. The van der Waals surface area contributed by atoms with E-state index in [1.54, 1.807) is 13.8 Å². The number of hydrogen-bond acceptors (Lipinski definition) is 4. The Morgan fingerprint density at radius 3 is 2.33 bits per heavy atom. The minimum absolute atomic E-state index is 0.0431. The van der Waals surface area contributed by atoms with Crippen LogP contribution in [0.2, 0.25) is 0 Å². The van der Waals surface area contributed by atoms with Gasteiger partial charge < -0.3 is 15.0 Å². The van der Waals surface area contributed by atoms with E-state index < -0.39 is 5.97 Å². The summed E-state index contributed by atoms with van der Waals surface area (Å²) < 4.78 is 4.79. The van der Waals surface area contributed by atoms with Crippen molar-refractivity contribution in [1.29, 1.82) is 0 Å². The SMILES string of the molecule is COC(=O)c1c(C)[nH]c(C(=O)[C@@H](C)N[C@@H](C)c2ccccc2)c1C. The molecule has 128 valence electrons. The molecule has 0 unspecified atom stereocenters. The Kier molecular flexibility index (Phi) is 5.57. The normalized spacial score (nSPS) is 13.4. The van der Waals surface area contributed by atoms with Crippen LogP contribution in [-0.4, -0.2) is 29.9 Å². The van der Waals surface area contributed by atoms with Gasteiger partial charge in [-0.05, 0) is 38.8 Å². The third-order valence-electron chi connectivity index (χ3n) is 4.27. The lowest BCUT2D eigenvalue weighted by molar-refractivity contribution is 0.0599. The van der Waals surface area contributed by atoms with Crippen LogP contribution < -0.4 is 5.32 Å². The van der Waals surface area contributed by atoms with Crippen molar-refractivity contribution in [2.24, 2.45) is 0 Å². The molecule has 2 aromatic rings. The van der Waals surface area contributed by atoms with Gasteiger partial charge in [0.25, 0.3) is 0 Å². The molecule has 0 fully saturated rings. The summed E-state index contributed by atoms with van der Waals surface area (Å²) in [5.74, 6) is -0.507. The molecule has 2 rings (SSSR count). The predicted octanol–water partition coefficient (Wildman–Crippen LogP) is 3.34. The van der Waals surface area contributed by atoms with Crippen molar-refractivity contribution in [3.63, 3.8) is 0 Å². The first kappa shape index (κ1) is 17.9. The number of benzene rings is 1. The average molecular weight is 328 g/mol. The summed E-state index contributed by atoms with van der Waals surface area (Å²) in [5.41, 5.74) is 3.28. The molecule has 0 saturated heterocycles. The monoisotopic (exact) mass is 328 g/mol. The molecule has 0 bridgehead atoms. The van der Waals surface area contributed by atoms with E-state index in [2.05, 4.69) is 10.3 Å². The maximum atomic E-state index is 12.8. The molecule has 0 aliphatic carbocycles. The molecule has 0 spiro atoms. The van der Waals surface area contributed by atoms with Gasteiger partial charge in [-0.15, -0.1) is 0 Å². The Balaban J connectivity index is 2.18. The summed E-state index contributed by atoms with van der Waals surface area (Å²) >= 11 is 0. The fourth-order valence-corrected chi connectivity index (χ4v) is 2.91. The van der Waals surface area contributed by atoms with E-state index in [0.717, 1.165) is 5.56 Å². The van der Waals surface area contributed by atoms with Gasteiger partial charge in [0.1, 0.15) is 0 Å². The zero-order chi connectivity index (χ0) is 17.9. The number of hydrogen-bond donors (Lipinski definition) is 2. The second kappa shape index (κ2) is 7.45. The summed E-state index contributed by atoms with van der Waals surface area (Å²) in [6.07, 6.45) is 0. The number of esters is 1. The van der Waals surface area contributed by atoms with Crippen LogP contribution in [0.4, 0.5) is 0 Å². The second-order valence-electron chi connectivity index (χ2n) is 6.00. The molecule has 5 heteroatoms. The highest BCUT2D eigenvalue weighted by Gasteiger charge is 2.26. The molecule has 0 aliphatic rings. The number of carbonyl (C=O) groups excluding carboxylic acids is 2. The number of aryl methyl sites for hydroxylation is 1. The van der Waals surface area contributed by atoms with E-state index in [0.29, 0.717) is 22.5 Å². The summed E-state index contributed by atoms with van der Waals surface area (Å²) in [5, 5.41) is 3.31. The Hall–Kier alpha value is -2.40. The maximum Gasteiger partial charge on any atom is 0.339 e. The van der Waals surface area contributed by atoms with Crippen molar-refractivity contribution < 1.29 is 14.3 Å². The van der Waals surface area contributed by atoms with E-state index in [-0.39, 0.29) is 17.9 Å². The minimum Gasteiger partial charge on any atom is -0.465 e. The molecule has 2 atom stereocenters. The van der Waals surface area contributed by atoms with Crippen LogP contribution in [0.1, 0.15) is 57.6 Å². The molecular formula is C19H24N2O3. The van der Waals surface area contributed by atoms with Gasteiger partial charge in [0, 0.05) is 11.7 Å². The van der Waals surface area contributed by atoms with Gasteiger partial charge in [-0.1, -0.05) is 30.3 Å². The van der Waals surface area contributed by atoms with Crippen LogP contribution in [0.3, 0.4) is 0 Å². The van der Waals surface area contributed by atoms with Gasteiger partial charge in [-0.25, -0.2) is 4.79 Å². The van der Waals surface area contributed by atoms with E-state index >= 15 is 0 Å².